The highest BCUT2D eigenvalue weighted by Crippen LogP contribution is 2.26. The number of carboxylic acids is 1. The molecule has 0 radical (unpaired) electrons. The average Bonchev–Trinajstić information content (AvgIpc) is 2.47. The molecular weight excluding hydrogens is 300 g/mol. The van der Waals surface area contributed by atoms with E-state index in [4.69, 9.17) is 21.4 Å². The molecule has 2 aromatic rings. The Balaban J connectivity index is 2.16. The van der Waals surface area contributed by atoms with Gasteiger partial charge in [-0.2, -0.15) is 0 Å². The Kier molecular flexibility index (Phi) is 4.57. The molecule has 0 unspecified atom stereocenters. The van der Waals surface area contributed by atoms with Crippen LogP contribution in [0.25, 0.3) is 5.57 Å². The summed E-state index contributed by atoms with van der Waals surface area (Å²) in [7, 11) is 0. The summed E-state index contributed by atoms with van der Waals surface area (Å²) in [4.78, 5) is 11.1. The zero-order valence-corrected chi connectivity index (χ0v) is 13.2. The zero-order valence-electron chi connectivity index (χ0n) is 12.5. The summed E-state index contributed by atoms with van der Waals surface area (Å²) in [6, 6.07) is 14.6. The molecular formula is C18H17ClO3. The summed E-state index contributed by atoms with van der Waals surface area (Å²) in [6.45, 7) is 7.10. The van der Waals surface area contributed by atoms with Gasteiger partial charge in [-0.3, -0.25) is 0 Å². The number of carbonyl (C=O) groups is 1. The first kappa shape index (κ1) is 16.1. The Hall–Kier alpha value is -2.26. The summed E-state index contributed by atoms with van der Waals surface area (Å²) in [5.41, 5.74) is 1.50. The van der Waals surface area contributed by atoms with Crippen molar-refractivity contribution in [3.05, 3.63) is 71.3 Å². The normalized spacial score (nSPS) is 11.0. The summed E-state index contributed by atoms with van der Waals surface area (Å²) in [6.07, 6.45) is 0. The molecule has 0 atom stereocenters. The van der Waals surface area contributed by atoms with Gasteiger partial charge in [-0.1, -0.05) is 42.4 Å². The molecule has 0 aliphatic carbocycles. The van der Waals surface area contributed by atoms with E-state index in [2.05, 4.69) is 6.58 Å². The topological polar surface area (TPSA) is 46.5 Å². The molecule has 2 aromatic carbocycles. The second-order valence-corrected chi connectivity index (χ2v) is 5.86. The van der Waals surface area contributed by atoms with Gasteiger partial charge in [-0.05, 0) is 54.8 Å². The average molecular weight is 317 g/mol. The first-order valence-electron chi connectivity index (χ1n) is 6.77. The third-order valence-corrected chi connectivity index (χ3v) is 3.54. The minimum absolute atomic E-state index is 0.500. The monoisotopic (exact) mass is 316 g/mol. The molecule has 0 fully saturated rings. The molecule has 1 N–H and O–H groups in total. The summed E-state index contributed by atoms with van der Waals surface area (Å²) >= 11 is 5.88. The van der Waals surface area contributed by atoms with Gasteiger partial charge in [-0.25, -0.2) is 4.79 Å². The lowest BCUT2D eigenvalue weighted by Gasteiger charge is -2.21. The maximum Gasteiger partial charge on any atom is 0.347 e. The summed E-state index contributed by atoms with van der Waals surface area (Å²) in [5, 5.41) is 9.74. The van der Waals surface area contributed by atoms with Crippen LogP contribution in [0.4, 0.5) is 0 Å². The van der Waals surface area contributed by atoms with Crippen LogP contribution in [-0.2, 0) is 4.79 Å². The van der Waals surface area contributed by atoms with Crippen molar-refractivity contribution in [1.82, 2.24) is 0 Å². The SMILES string of the molecule is C=C(c1ccc(Cl)cc1)c1ccc(OC(C)(C)C(=O)O)cc1. The van der Waals surface area contributed by atoms with E-state index in [1.165, 1.54) is 13.8 Å². The number of aliphatic carboxylic acids is 1. The number of halogens is 1. The van der Waals surface area contributed by atoms with Crippen molar-refractivity contribution in [3.63, 3.8) is 0 Å². The second-order valence-electron chi connectivity index (χ2n) is 5.43. The van der Waals surface area contributed by atoms with Crippen molar-refractivity contribution in [3.8, 4) is 5.75 Å². The van der Waals surface area contributed by atoms with Crippen molar-refractivity contribution in [2.45, 2.75) is 19.4 Å². The van der Waals surface area contributed by atoms with E-state index in [9.17, 15) is 4.79 Å². The van der Waals surface area contributed by atoms with Crippen LogP contribution in [0.3, 0.4) is 0 Å². The van der Waals surface area contributed by atoms with E-state index in [0.717, 1.165) is 16.7 Å². The minimum Gasteiger partial charge on any atom is -0.478 e. The molecule has 4 heteroatoms. The maximum absolute atomic E-state index is 11.1. The third-order valence-electron chi connectivity index (χ3n) is 3.28. The lowest BCUT2D eigenvalue weighted by molar-refractivity contribution is -0.152. The van der Waals surface area contributed by atoms with Crippen molar-refractivity contribution in [2.75, 3.05) is 0 Å². The fourth-order valence-electron chi connectivity index (χ4n) is 1.88. The third kappa shape index (κ3) is 3.68. The van der Waals surface area contributed by atoms with E-state index in [-0.39, 0.29) is 0 Å². The van der Waals surface area contributed by atoms with Crippen LogP contribution in [0.15, 0.2) is 55.1 Å². The smallest absolute Gasteiger partial charge is 0.347 e. The Labute approximate surface area is 134 Å². The standard InChI is InChI=1S/C18H17ClO3/c1-12(13-4-8-15(19)9-5-13)14-6-10-16(11-7-14)22-18(2,3)17(20)21/h4-11H,1H2,2-3H3,(H,20,21). The molecule has 0 amide bonds. The molecule has 0 spiro atoms. The van der Waals surface area contributed by atoms with Gasteiger partial charge in [-0.15, -0.1) is 0 Å². The Morgan fingerprint density at radius 1 is 1.05 bits per heavy atom. The second kappa shape index (κ2) is 6.24. The van der Waals surface area contributed by atoms with Crippen LogP contribution >= 0.6 is 11.6 Å². The van der Waals surface area contributed by atoms with E-state index in [1.54, 1.807) is 12.1 Å². The molecule has 0 saturated heterocycles. The highest BCUT2D eigenvalue weighted by Gasteiger charge is 2.29. The Morgan fingerprint density at radius 2 is 1.50 bits per heavy atom. The summed E-state index contributed by atoms with van der Waals surface area (Å²) in [5.74, 6) is -0.512. The van der Waals surface area contributed by atoms with Gasteiger partial charge in [0.1, 0.15) is 5.75 Å². The number of hydrogen-bond acceptors (Lipinski definition) is 2. The van der Waals surface area contributed by atoms with Gasteiger partial charge in [0.15, 0.2) is 5.60 Å². The predicted octanol–water partition coefficient (Wildman–Crippen LogP) is 4.64. The molecule has 0 bridgehead atoms. The van der Waals surface area contributed by atoms with Gasteiger partial charge in [0.05, 0.1) is 0 Å². The van der Waals surface area contributed by atoms with Gasteiger partial charge < -0.3 is 9.84 Å². The van der Waals surface area contributed by atoms with Crippen molar-refractivity contribution in [1.29, 1.82) is 0 Å². The number of benzene rings is 2. The van der Waals surface area contributed by atoms with E-state index >= 15 is 0 Å². The quantitative estimate of drug-likeness (QED) is 0.873. The molecule has 0 saturated carbocycles. The van der Waals surface area contributed by atoms with Gasteiger partial charge in [0.2, 0.25) is 0 Å². The van der Waals surface area contributed by atoms with E-state index in [1.807, 2.05) is 36.4 Å². The lowest BCUT2D eigenvalue weighted by atomic mass is 10.00. The molecule has 0 aliphatic heterocycles. The van der Waals surface area contributed by atoms with Crippen LogP contribution in [0.2, 0.25) is 5.02 Å². The fourth-order valence-corrected chi connectivity index (χ4v) is 2.01. The highest BCUT2D eigenvalue weighted by molar-refractivity contribution is 6.30. The maximum atomic E-state index is 11.1. The van der Waals surface area contributed by atoms with Gasteiger partial charge in [0.25, 0.3) is 0 Å². The van der Waals surface area contributed by atoms with Crippen molar-refractivity contribution < 1.29 is 14.6 Å². The Bertz CT molecular complexity index is 685. The minimum atomic E-state index is -1.27. The van der Waals surface area contributed by atoms with E-state index in [0.29, 0.717) is 10.8 Å². The molecule has 114 valence electrons. The fraction of sp³-hybridized carbons (Fsp3) is 0.167. The molecule has 0 heterocycles. The molecule has 22 heavy (non-hydrogen) atoms. The lowest BCUT2D eigenvalue weighted by Crippen LogP contribution is -2.37. The number of rotatable bonds is 5. The van der Waals surface area contributed by atoms with Crippen LogP contribution in [0.1, 0.15) is 25.0 Å². The highest BCUT2D eigenvalue weighted by atomic mass is 35.5. The van der Waals surface area contributed by atoms with Crippen molar-refractivity contribution >= 4 is 23.1 Å². The van der Waals surface area contributed by atoms with Gasteiger partial charge in [0, 0.05) is 5.02 Å². The molecule has 2 rings (SSSR count). The zero-order chi connectivity index (χ0) is 16.3. The molecule has 0 aliphatic rings. The largest absolute Gasteiger partial charge is 0.478 e. The van der Waals surface area contributed by atoms with Crippen LogP contribution in [0, 0.1) is 0 Å². The van der Waals surface area contributed by atoms with Crippen LogP contribution in [-0.4, -0.2) is 16.7 Å². The molecule has 0 aromatic heterocycles. The molecule has 3 nitrogen and oxygen atoms in total. The van der Waals surface area contributed by atoms with Crippen molar-refractivity contribution in [2.24, 2.45) is 0 Å². The first-order chi connectivity index (χ1) is 10.3. The van der Waals surface area contributed by atoms with E-state index < -0.39 is 11.6 Å². The van der Waals surface area contributed by atoms with Crippen LogP contribution in [0.5, 0.6) is 5.75 Å². The predicted molar refractivity (Wildman–Crippen MR) is 88.4 cm³/mol. The number of ether oxygens (including phenoxy) is 1. The first-order valence-corrected chi connectivity index (χ1v) is 7.15. The number of carboxylic acid groups (broad SMARTS) is 1. The van der Waals surface area contributed by atoms with Crippen LogP contribution < -0.4 is 4.74 Å². The Morgan fingerprint density at radius 3 is 1.95 bits per heavy atom. The number of hydrogen-bond donors (Lipinski definition) is 1. The van der Waals surface area contributed by atoms with Gasteiger partial charge >= 0.3 is 5.97 Å². The summed E-state index contributed by atoms with van der Waals surface area (Å²) < 4.78 is 5.47.